The highest BCUT2D eigenvalue weighted by Crippen LogP contribution is 2.49. The van der Waals surface area contributed by atoms with Gasteiger partial charge in [-0.2, -0.15) is 0 Å². The van der Waals surface area contributed by atoms with E-state index in [2.05, 4.69) is 20.7 Å². The standard InChI is InChI=1S/C28H28BrNO6S/c29-16-17-9-13-21(14-10-17)37(34,35)30-20-6-4-5-19(15-20)24(18-11-12-18)26-27(32)25-22(31)7-2-1-3-8-23(25)36-28(26)33/h4-6,9-10,13-15,18,24,30,32H,1-3,7-8,11-12,16H2. The van der Waals surface area contributed by atoms with Crippen molar-refractivity contribution >= 4 is 37.4 Å². The van der Waals surface area contributed by atoms with Crippen molar-refractivity contribution in [1.82, 2.24) is 0 Å². The molecule has 0 saturated heterocycles. The van der Waals surface area contributed by atoms with Crippen molar-refractivity contribution in [1.29, 1.82) is 0 Å². The van der Waals surface area contributed by atoms with Crippen molar-refractivity contribution in [2.75, 3.05) is 4.72 Å². The topological polar surface area (TPSA) is 114 Å². The lowest BCUT2D eigenvalue weighted by Gasteiger charge is -2.21. The maximum atomic E-state index is 13.2. The Balaban J connectivity index is 1.52. The molecule has 1 unspecified atom stereocenters. The van der Waals surface area contributed by atoms with Crippen LogP contribution in [0.4, 0.5) is 5.69 Å². The first-order chi connectivity index (χ1) is 17.8. The number of aromatic hydroxyl groups is 1. The van der Waals surface area contributed by atoms with E-state index >= 15 is 0 Å². The van der Waals surface area contributed by atoms with Crippen LogP contribution in [0.5, 0.6) is 5.75 Å². The maximum Gasteiger partial charge on any atom is 0.343 e. The van der Waals surface area contributed by atoms with Crippen LogP contribution in [0.1, 0.15) is 77.3 Å². The number of hydrogen-bond donors (Lipinski definition) is 2. The Bertz CT molecular complexity index is 1490. The van der Waals surface area contributed by atoms with E-state index in [0.717, 1.165) is 37.7 Å². The number of sulfonamides is 1. The lowest BCUT2D eigenvalue weighted by molar-refractivity contribution is 0.0968. The van der Waals surface area contributed by atoms with Crippen LogP contribution in [0.2, 0.25) is 0 Å². The Morgan fingerprint density at radius 3 is 2.46 bits per heavy atom. The van der Waals surface area contributed by atoms with Gasteiger partial charge in [0.15, 0.2) is 5.78 Å². The van der Waals surface area contributed by atoms with Crippen LogP contribution in [0.15, 0.2) is 62.6 Å². The molecule has 0 aliphatic heterocycles. The summed E-state index contributed by atoms with van der Waals surface area (Å²) in [5.41, 5.74) is 1.56. The van der Waals surface area contributed by atoms with Crippen molar-refractivity contribution in [3.8, 4) is 5.75 Å². The molecule has 1 heterocycles. The fraction of sp³-hybridized carbons (Fsp3) is 0.357. The van der Waals surface area contributed by atoms with Gasteiger partial charge in [0.2, 0.25) is 0 Å². The first-order valence-corrected chi connectivity index (χ1v) is 15.1. The van der Waals surface area contributed by atoms with Crippen molar-refractivity contribution < 1.29 is 22.7 Å². The number of aryl methyl sites for hydroxylation is 1. The minimum absolute atomic E-state index is 0.0826. The molecule has 1 fully saturated rings. The third-order valence-electron chi connectivity index (χ3n) is 7.08. The molecule has 2 aromatic carbocycles. The average Bonchev–Trinajstić information content (AvgIpc) is 3.70. The zero-order chi connectivity index (χ0) is 26.2. The second-order valence-corrected chi connectivity index (χ2v) is 12.0. The predicted molar refractivity (Wildman–Crippen MR) is 144 cm³/mol. The highest BCUT2D eigenvalue weighted by Gasteiger charge is 2.39. The molecule has 2 N–H and O–H groups in total. The van der Waals surface area contributed by atoms with Crippen LogP contribution in [0, 0.1) is 5.92 Å². The van der Waals surface area contributed by atoms with Gasteiger partial charge in [0.05, 0.1) is 16.0 Å². The van der Waals surface area contributed by atoms with E-state index in [1.165, 1.54) is 0 Å². The van der Waals surface area contributed by atoms with Crippen LogP contribution >= 0.6 is 15.9 Å². The highest BCUT2D eigenvalue weighted by atomic mass is 79.9. The summed E-state index contributed by atoms with van der Waals surface area (Å²) in [6.45, 7) is 0. The smallest absolute Gasteiger partial charge is 0.343 e. The molecule has 0 spiro atoms. The Morgan fingerprint density at radius 1 is 1.03 bits per heavy atom. The molecule has 1 atom stereocenters. The molecule has 1 aromatic heterocycles. The summed E-state index contributed by atoms with van der Waals surface area (Å²) in [7, 11) is -3.83. The van der Waals surface area contributed by atoms with Gasteiger partial charge < -0.3 is 9.52 Å². The molecule has 9 heteroatoms. The van der Waals surface area contributed by atoms with E-state index in [-0.39, 0.29) is 39.2 Å². The van der Waals surface area contributed by atoms with Gasteiger partial charge in [0, 0.05) is 29.8 Å². The molecule has 1 saturated carbocycles. The largest absolute Gasteiger partial charge is 0.506 e. The van der Waals surface area contributed by atoms with Crippen molar-refractivity contribution in [2.45, 2.75) is 61.1 Å². The Labute approximate surface area is 224 Å². The second kappa shape index (κ2) is 10.5. The number of alkyl halides is 1. The summed E-state index contributed by atoms with van der Waals surface area (Å²) in [5.74, 6) is -0.661. The van der Waals surface area contributed by atoms with Crippen LogP contribution in [-0.2, 0) is 21.8 Å². The Morgan fingerprint density at radius 2 is 1.76 bits per heavy atom. The minimum Gasteiger partial charge on any atom is -0.506 e. The van der Waals surface area contributed by atoms with Crippen LogP contribution < -0.4 is 10.3 Å². The number of Topliss-reactive ketones (excluding diaryl/α,β-unsaturated/α-hetero) is 1. The summed E-state index contributed by atoms with van der Waals surface area (Å²) in [6, 6.07) is 13.4. The number of rotatable bonds is 7. The molecule has 3 aromatic rings. The number of carbonyl (C=O) groups is 1. The number of fused-ring (bicyclic) bond motifs is 1. The van der Waals surface area contributed by atoms with E-state index in [4.69, 9.17) is 4.42 Å². The molecule has 194 valence electrons. The minimum atomic E-state index is -3.83. The van der Waals surface area contributed by atoms with Crippen molar-refractivity contribution in [2.24, 2.45) is 5.92 Å². The number of anilines is 1. The fourth-order valence-electron chi connectivity index (χ4n) is 5.06. The second-order valence-electron chi connectivity index (χ2n) is 9.76. The van der Waals surface area contributed by atoms with E-state index in [9.17, 15) is 23.1 Å². The summed E-state index contributed by atoms with van der Waals surface area (Å²) >= 11 is 3.35. The zero-order valence-electron chi connectivity index (χ0n) is 20.2. The number of benzene rings is 2. The number of hydrogen-bond acceptors (Lipinski definition) is 6. The van der Waals surface area contributed by atoms with E-state index in [1.807, 2.05) is 6.07 Å². The zero-order valence-corrected chi connectivity index (χ0v) is 22.6. The first-order valence-electron chi connectivity index (χ1n) is 12.5. The normalized spacial score (nSPS) is 16.9. The highest BCUT2D eigenvalue weighted by molar-refractivity contribution is 9.08. The van der Waals surface area contributed by atoms with Crippen LogP contribution in [0.25, 0.3) is 0 Å². The number of ketones is 1. The van der Waals surface area contributed by atoms with Crippen LogP contribution in [0.3, 0.4) is 0 Å². The summed E-state index contributed by atoms with van der Waals surface area (Å²) in [4.78, 5) is 26.2. The number of halogens is 1. The van der Waals surface area contributed by atoms with Gasteiger partial charge >= 0.3 is 5.63 Å². The number of carbonyl (C=O) groups excluding carboxylic acids is 1. The van der Waals surface area contributed by atoms with Gasteiger partial charge in [-0.25, -0.2) is 13.2 Å². The summed E-state index contributed by atoms with van der Waals surface area (Å²) in [6.07, 6.45) is 4.83. The van der Waals surface area contributed by atoms with Crippen LogP contribution in [-0.4, -0.2) is 19.3 Å². The van der Waals surface area contributed by atoms with E-state index in [0.29, 0.717) is 29.4 Å². The van der Waals surface area contributed by atoms with Crippen molar-refractivity contribution in [3.63, 3.8) is 0 Å². The van der Waals surface area contributed by atoms with Gasteiger partial charge in [0.25, 0.3) is 10.0 Å². The maximum absolute atomic E-state index is 13.2. The summed E-state index contributed by atoms with van der Waals surface area (Å²) in [5, 5.41) is 11.9. The molecule has 37 heavy (non-hydrogen) atoms. The summed E-state index contributed by atoms with van der Waals surface area (Å²) < 4.78 is 34.3. The molecule has 5 rings (SSSR count). The van der Waals surface area contributed by atoms with Gasteiger partial charge in [-0.3, -0.25) is 9.52 Å². The molecule has 2 aliphatic carbocycles. The lowest BCUT2D eigenvalue weighted by atomic mass is 9.85. The van der Waals surface area contributed by atoms with Crippen molar-refractivity contribution in [3.05, 3.63) is 87.0 Å². The molecular formula is C28H28BrNO6S. The fourth-order valence-corrected chi connectivity index (χ4v) is 6.49. The van der Waals surface area contributed by atoms with E-state index < -0.39 is 21.6 Å². The SMILES string of the molecule is O=C1CCCCCc2oc(=O)c(C(c3cccc(NS(=O)(=O)c4ccc(CBr)cc4)c3)C3CC3)c(O)c21. The van der Waals surface area contributed by atoms with Gasteiger partial charge in [0.1, 0.15) is 11.5 Å². The van der Waals surface area contributed by atoms with E-state index in [1.54, 1.807) is 42.5 Å². The molecule has 0 radical (unpaired) electrons. The monoisotopic (exact) mass is 585 g/mol. The first kappa shape index (κ1) is 25.7. The lowest BCUT2D eigenvalue weighted by Crippen LogP contribution is -2.21. The molecule has 2 aliphatic rings. The number of nitrogens with one attached hydrogen (secondary N) is 1. The molecular weight excluding hydrogens is 558 g/mol. The average molecular weight is 587 g/mol. The Kier molecular flexibility index (Phi) is 7.27. The quantitative estimate of drug-likeness (QED) is 0.334. The van der Waals surface area contributed by atoms with Gasteiger partial charge in [-0.1, -0.05) is 46.6 Å². The van der Waals surface area contributed by atoms with Gasteiger partial charge in [-0.15, -0.1) is 0 Å². The molecule has 7 nitrogen and oxygen atoms in total. The Hall–Kier alpha value is -2.91. The molecule has 0 amide bonds. The third kappa shape index (κ3) is 5.38. The predicted octanol–water partition coefficient (Wildman–Crippen LogP) is 5.88. The third-order valence-corrected chi connectivity index (χ3v) is 9.13. The molecule has 0 bridgehead atoms. The van der Waals surface area contributed by atoms with Gasteiger partial charge in [-0.05, 0) is 67.0 Å².